The van der Waals surface area contributed by atoms with Gasteiger partial charge >= 0.3 is 6.09 Å². The Balaban J connectivity index is 1.22. The number of carbonyl (C=O) groups excluding carboxylic acids is 2. The molecule has 0 N–H and O–H groups in total. The molecule has 2 atom stereocenters. The highest BCUT2D eigenvalue weighted by Gasteiger charge is 2.39. The molecule has 9 nitrogen and oxygen atoms in total. The Bertz CT molecular complexity index is 2160. The molecular formula is C49H54N2O7. The molecule has 2 amide bonds. The molecule has 302 valence electrons. The number of fused-ring (bicyclic) bond motifs is 4. The van der Waals surface area contributed by atoms with E-state index >= 15 is 4.79 Å². The average molecular weight is 783 g/mol. The number of hydrogen-bond donors (Lipinski definition) is 0. The third-order valence-electron chi connectivity index (χ3n) is 11.1. The van der Waals surface area contributed by atoms with E-state index in [0.717, 1.165) is 44.5 Å². The number of rotatable bonds is 16. The van der Waals surface area contributed by atoms with Crippen molar-refractivity contribution < 1.29 is 33.3 Å². The van der Waals surface area contributed by atoms with Gasteiger partial charge in [0.2, 0.25) is 5.91 Å². The lowest BCUT2D eigenvalue weighted by Gasteiger charge is -2.41. The summed E-state index contributed by atoms with van der Waals surface area (Å²) in [6, 6.07) is 35.3. The van der Waals surface area contributed by atoms with E-state index in [2.05, 4.69) is 30.3 Å². The van der Waals surface area contributed by atoms with Crippen LogP contribution in [0.2, 0.25) is 0 Å². The number of amides is 2. The summed E-state index contributed by atoms with van der Waals surface area (Å²) >= 11 is 0. The van der Waals surface area contributed by atoms with Gasteiger partial charge in [0.25, 0.3) is 0 Å². The fourth-order valence-corrected chi connectivity index (χ4v) is 8.42. The van der Waals surface area contributed by atoms with Crippen LogP contribution in [0.1, 0.15) is 73.0 Å². The molecule has 1 aliphatic heterocycles. The molecule has 1 unspecified atom stereocenters. The van der Waals surface area contributed by atoms with Gasteiger partial charge in [0.1, 0.15) is 12.6 Å². The molecule has 0 fully saturated rings. The summed E-state index contributed by atoms with van der Waals surface area (Å²) in [7, 11) is 1.68. The molecule has 0 bridgehead atoms. The molecule has 0 saturated carbocycles. The van der Waals surface area contributed by atoms with Crippen LogP contribution in [0.25, 0.3) is 11.1 Å². The highest BCUT2D eigenvalue weighted by molar-refractivity contribution is 5.87. The van der Waals surface area contributed by atoms with Gasteiger partial charge in [0.15, 0.2) is 23.0 Å². The van der Waals surface area contributed by atoms with Gasteiger partial charge in [-0.3, -0.25) is 9.69 Å². The van der Waals surface area contributed by atoms with E-state index in [4.69, 9.17) is 23.7 Å². The van der Waals surface area contributed by atoms with Crippen LogP contribution in [0.15, 0.2) is 109 Å². The molecule has 9 heteroatoms. The Morgan fingerprint density at radius 3 is 1.86 bits per heavy atom. The van der Waals surface area contributed by atoms with Crippen molar-refractivity contribution in [3.8, 4) is 34.1 Å². The predicted molar refractivity (Wildman–Crippen MR) is 226 cm³/mol. The zero-order valence-corrected chi connectivity index (χ0v) is 34.2. The van der Waals surface area contributed by atoms with Gasteiger partial charge in [-0.25, -0.2) is 4.79 Å². The van der Waals surface area contributed by atoms with E-state index in [-0.39, 0.29) is 24.5 Å². The maximum absolute atomic E-state index is 15.3. The topological polar surface area (TPSA) is 86.8 Å². The Morgan fingerprint density at radius 2 is 1.22 bits per heavy atom. The third-order valence-corrected chi connectivity index (χ3v) is 11.1. The Kier molecular flexibility index (Phi) is 12.9. The summed E-state index contributed by atoms with van der Waals surface area (Å²) < 4.78 is 30.2. The van der Waals surface area contributed by atoms with E-state index in [1.807, 2.05) is 111 Å². The van der Waals surface area contributed by atoms with Gasteiger partial charge < -0.3 is 28.6 Å². The van der Waals surface area contributed by atoms with Crippen LogP contribution >= 0.6 is 0 Å². The molecule has 0 radical (unpaired) electrons. The first-order chi connectivity index (χ1) is 28.3. The van der Waals surface area contributed by atoms with E-state index in [1.54, 1.807) is 7.05 Å². The zero-order valence-electron chi connectivity index (χ0n) is 34.2. The molecule has 2 aliphatic rings. The number of benzene rings is 5. The Morgan fingerprint density at radius 1 is 0.655 bits per heavy atom. The fraction of sp³-hybridized carbons (Fsp3) is 0.347. The molecule has 0 aromatic heterocycles. The van der Waals surface area contributed by atoms with Gasteiger partial charge in [-0.1, -0.05) is 84.9 Å². The van der Waals surface area contributed by atoms with Crippen molar-refractivity contribution in [2.24, 2.45) is 0 Å². The van der Waals surface area contributed by atoms with E-state index in [0.29, 0.717) is 75.2 Å². The first-order valence-electron chi connectivity index (χ1n) is 20.6. The molecule has 58 heavy (non-hydrogen) atoms. The Labute approximate surface area is 342 Å². The lowest BCUT2D eigenvalue weighted by Crippen LogP contribution is -2.53. The summed E-state index contributed by atoms with van der Waals surface area (Å²) in [5.41, 5.74) is 8.59. The molecule has 5 aromatic rings. The number of hydrogen-bond acceptors (Lipinski definition) is 7. The molecule has 0 saturated heterocycles. The van der Waals surface area contributed by atoms with Crippen molar-refractivity contribution in [2.45, 2.75) is 65.0 Å². The summed E-state index contributed by atoms with van der Waals surface area (Å²) in [5.74, 6) is 2.41. The average Bonchev–Trinajstić information content (AvgIpc) is 3.57. The molecule has 1 aliphatic carbocycles. The quantitative estimate of drug-likeness (QED) is 0.0986. The van der Waals surface area contributed by atoms with Crippen molar-refractivity contribution in [1.29, 1.82) is 0 Å². The molecule has 0 spiro atoms. The standard InChI is InChI=1S/C49H54N2O7/c1-6-54-44-24-23-34(29-45(44)55-7-2)28-42-40-31-47(57-9-4)46(56-8-3)30-35(40)25-26-51(42)48(52)43(27-33-17-11-10-12-18-33)50(5)49(53)58-32-41-38-21-15-13-19-36(38)37-20-14-16-22-39(37)41/h10-24,29-31,41-43H,6-9,25-28,32H2,1-5H3/t42?,43-/m1/s1. The second-order valence-corrected chi connectivity index (χ2v) is 14.6. The van der Waals surface area contributed by atoms with Crippen LogP contribution in [0, 0.1) is 0 Å². The van der Waals surface area contributed by atoms with Crippen LogP contribution in [-0.2, 0) is 28.8 Å². The minimum absolute atomic E-state index is 0.104. The van der Waals surface area contributed by atoms with Crippen LogP contribution in [0.5, 0.6) is 23.0 Å². The monoisotopic (exact) mass is 782 g/mol. The third kappa shape index (κ3) is 8.49. The zero-order chi connectivity index (χ0) is 40.6. The summed E-state index contributed by atoms with van der Waals surface area (Å²) in [5, 5.41) is 0. The van der Waals surface area contributed by atoms with Crippen molar-refractivity contribution in [1.82, 2.24) is 9.80 Å². The number of likely N-dealkylation sites (N-methyl/N-ethyl adjacent to an activating group) is 1. The second-order valence-electron chi connectivity index (χ2n) is 14.6. The maximum Gasteiger partial charge on any atom is 0.410 e. The maximum atomic E-state index is 15.3. The smallest absolute Gasteiger partial charge is 0.410 e. The van der Waals surface area contributed by atoms with Gasteiger partial charge in [-0.15, -0.1) is 0 Å². The van der Waals surface area contributed by atoms with Crippen molar-refractivity contribution in [3.63, 3.8) is 0 Å². The highest BCUT2D eigenvalue weighted by Crippen LogP contribution is 2.45. The van der Waals surface area contributed by atoms with Gasteiger partial charge in [-0.2, -0.15) is 0 Å². The van der Waals surface area contributed by atoms with E-state index in [1.165, 1.54) is 4.90 Å². The molecule has 7 rings (SSSR count). The minimum Gasteiger partial charge on any atom is -0.490 e. The highest BCUT2D eigenvalue weighted by atomic mass is 16.6. The van der Waals surface area contributed by atoms with Gasteiger partial charge in [-0.05, 0) is 109 Å². The molecule has 5 aromatic carbocycles. The lowest BCUT2D eigenvalue weighted by molar-refractivity contribution is -0.139. The predicted octanol–water partition coefficient (Wildman–Crippen LogP) is 9.44. The second kappa shape index (κ2) is 18.5. The van der Waals surface area contributed by atoms with E-state index < -0.39 is 12.1 Å². The first kappa shape index (κ1) is 40.2. The minimum atomic E-state index is -0.838. The van der Waals surface area contributed by atoms with Crippen LogP contribution in [-0.4, -0.2) is 74.5 Å². The van der Waals surface area contributed by atoms with Crippen molar-refractivity contribution in [2.75, 3.05) is 46.6 Å². The van der Waals surface area contributed by atoms with Crippen molar-refractivity contribution in [3.05, 3.63) is 143 Å². The van der Waals surface area contributed by atoms with Crippen LogP contribution < -0.4 is 18.9 Å². The fourth-order valence-electron chi connectivity index (χ4n) is 8.42. The summed E-state index contributed by atoms with van der Waals surface area (Å²) in [6.07, 6.45) is 0.890. The Hall–Kier alpha value is -5.96. The van der Waals surface area contributed by atoms with Crippen LogP contribution in [0.4, 0.5) is 4.79 Å². The summed E-state index contributed by atoms with van der Waals surface area (Å²) in [6.45, 7) is 10.4. The SMILES string of the molecule is CCOc1ccc(CC2c3cc(OCC)c(OCC)cc3CCN2C(=O)[C@@H](Cc2ccccc2)N(C)C(=O)OCC2c3ccccc3-c3ccccc32)cc1OCC. The molecule has 1 heterocycles. The van der Waals surface area contributed by atoms with Gasteiger partial charge in [0.05, 0.1) is 32.5 Å². The normalized spacial score (nSPS) is 14.8. The largest absolute Gasteiger partial charge is 0.490 e. The van der Waals surface area contributed by atoms with E-state index in [9.17, 15) is 4.79 Å². The van der Waals surface area contributed by atoms with Crippen LogP contribution in [0.3, 0.4) is 0 Å². The number of ether oxygens (including phenoxy) is 5. The number of carbonyl (C=O) groups is 2. The number of nitrogens with zero attached hydrogens (tertiary/aromatic N) is 2. The summed E-state index contributed by atoms with van der Waals surface area (Å²) in [4.78, 5) is 32.9. The first-order valence-corrected chi connectivity index (χ1v) is 20.6. The molecular weight excluding hydrogens is 729 g/mol. The lowest BCUT2D eigenvalue weighted by atomic mass is 9.87. The van der Waals surface area contributed by atoms with Gasteiger partial charge in [0, 0.05) is 25.9 Å². The van der Waals surface area contributed by atoms with Crippen molar-refractivity contribution >= 4 is 12.0 Å².